The first-order valence-electron chi connectivity index (χ1n) is 12.9. The molecular weight excluding hydrogens is 518 g/mol. The predicted octanol–water partition coefficient (Wildman–Crippen LogP) is 3.72. The number of nitrogens with one attached hydrogen (secondary N) is 1. The van der Waals surface area contributed by atoms with Gasteiger partial charge in [-0.25, -0.2) is 27.8 Å². The number of ether oxygens (including phenoxy) is 1. The Hall–Kier alpha value is -3.67. The van der Waals surface area contributed by atoms with Crippen LogP contribution in [0.3, 0.4) is 0 Å². The second-order valence-corrected chi connectivity index (χ2v) is 13.4. The van der Waals surface area contributed by atoms with Crippen LogP contribution in [0.2, 0.25) is 0 Å². The molecule has 0 saturated carbocycles. The van der Waals surface area contributed by atoms with E-state index in [4.69, 9.17) is 15.5 Å². The molecule has 0 aliphatic carbocycles. The van der Waals surface area contributed by atoms with E-state index in [1.807, 2.05) is 13.1 Å². The van der Waals surface area contributed by atoms with Crippen LogP contribution >= 0.6 is 0 Å². The fourth-order valence-electron chi connectivity index (χ4n) is 4.41. The molecule has 4 heterocycles. The number of carbonyl (C=O) groups excluding carboxylic acids is 1. The van der Waals surface area contributed by atoms with Gasteiger partial charge in [0.15, 0.2) is 5.82 Å². The van der Waals surface area contributed by atoms with Crippen molar-refractivity contribution < 1.29 is 17.9 Å². The fourth-order valence-corrected chi connectivity index (χ4v) is 5.46. The van der Waals surface area contributed by atoms with E-state index in [2.05, 4.69) is 61.2 Å². The lowest BCUT2D eigenvalue weighted by atomic mass is 9.90. The maximum atomic E-state index is 13.4. The van der Waals surface area contributed by atoms with Gasteiger partial charge in [0.05, 0.1) is 12.2 Å². The molecule has 210 valence electrons. The van der Waals surface area contributed by atoms with Crippen molar-refractivity contribution in [2.45, 2.75) is 65.3 Å². The molecule has 1 atom stereocenters. The summed E-state index contributed by atoms with van der Waals surface area (Å²) in [6.07, 6.45) is 4.09. The Morgan fingerprint density at radius 2 is 1.97 bits per heavy atom. The lowest BCUT2D eigenvalue weighted by Crippen LogP contribution is -2.44. The van der Waals surface area contributed by atoms with Gasteiger partial charge in [-0.2, -0.15) is 0 Å². The van der Waals surface area contributed by atoms with Gasteiger partial charge >= 0.3 is 0 Å². The van der Waals surface area contributed by atoms with E-state index in [-0.39, 0.29) is 27.2 Å². The molecule has 1 unspecified atom stereocenters. The minimum Gasteiger partial charge on any atom is -0.476 e. The first-order valence-corrected chi connectivity index (χ1v) is 14.3. The van der Waals surface area contributed by atoms with Crippen molar-refractivity contribution in [2.24, 2.45) is 11.3 Å². The highest BCUT2D eigenvalue weighted by molar-refractivity contribution is 7.90. The molecule has 3 aromatic rings. The van der Waals surface area contributed by atoms with Crippen molar-refractivity contribution in [3.8, 4) is 11.7 Å². The second kappa shape index (κ2) is 10.1. The largest absolute Gasteiger partial charge is 0.476 e. The SMILES string of the molecule is Cc1cn(-c2ccc(C(=O)NS(=O)(=O)c3cccnc3N)c(N3CCC(C)C3(C)C)n2)nc1OCC(C)(C)C. The number of amides is 1. The molecule has 3 N–H and O–H groups in total. The first kappa shape index (κ1) is 28.3. The highest BCUT2D eigenvalue weighted by Gasteiger charge is 2.41. The van der Waals surface area contributed by atoms with Gasteiger partial charge in [0, 0.05) is 30.0 Å². The monoisotopic (exact) mass is 555 g/mol. The summed E-state index contributed by atoms with van der Waals surface area (Å²) >= 11 is 0. The van der Waals surface area contributed by atoms with E-state index in [9.17, 15) is 13.2 Å². The summed E-state index contributed by atoms with van der Waals surface area (Å²) in [5, 5.41) is 4.58. The Bertz CT molecular complexity index is 1490. The highest BCUT2D eigenvalue weighted by atomic mass is 32.2. The van der Waals surface area contributed by atoms with Crippen LogP contribution in [-0.4, -0.2) is 52.8 Å². The van der Waals surface area contributed by atoms with Crippen LogP contribution in [0.1, 0.15) is 63.9 Å². The minimum absolute atomic E-state index is 0.0322. The number of nitrogens with zero attached hydrogens (tertiary/aromatic N) is 5. The molecule has 3 aromatic heterocycles. The fraction of sp³-hybridized carbons (Fsp3) is 0.481. The smallest absolute Gasteiger partial charge is 0.268 e. The zero-order chi connectivity index (χ0) is 28.8. The van der Waals surface area contributed by atoms with Crippen molar-refractivity contribution in [1.29, 1.82) is 0 Å². The lowest BCUT2D eigenvalue weighted by Gasteiger charge is -2.36. The Morgan fingerprint density at radius 1 is 1.26 bits per heavy atom. The number of carbonyl (C=O) groups is 1. The molecule has 11 nitrogen and oxygen atoms in total. The van der Waals surface area contributed by atoms with E-state index in [1.54, 1.807) is 16.8 Å². The Labute approximate surface area is 229 Å². The average Bonchev–Trinajstić information content (AvgIpc) is 3.34. The molecular formula is C27H37N7O4S. The minimum atomic E-state index is -4.27. The Morgan fingerprint density at radius 3 is 2.59 bits per heavy atom. The third-order valence-corrected chi connectivity index (χ3v) is 8.47. The van der Waals surface area contributed by atoms with E-state index in [0.29, 0.717) is 36.6 Å². The van der Waals surface area contributed by atoms with Gasteiger partial charge < -0.3 is 15.4 Å². The predicted molar refractivity (Wildman–Crippen MR) is 150 cm³/mol. The molecule has 1 saturated heterocycles. The summed E-state index contributed by atoms with van der Waals surface area (Å²) in [7, 11) is -4.27. The number of rotatable bonds is 7. The van der Waals surface area contributed by atoms with Gasteiger partial charge in [-0.05, 0) is 62.8 Å². The summed E-state index contributed by atoms with van der Waals surface area (Å²) in [6, 6.07) is 5.94. The normalized spacial score (nSPS) is 17.3. The molecule has 1 fully saturated rings. The molecule has 39 heavy (non-hydrogen) atoms. The van der Waals surface area contributed by atoms with Gasteiger partial charge in [-0.1, -0.05) is 27.7 Å². The topological polar surface area (TPSA) is 145 Å². The Kier molecular flexibility index (Phi) is 7.37. The summed E-state index contributed by atoms with van der Waals surface area (Å²) in [6.45, 7) is 15.6. The molecule has 12 heteroatoms. The molecule has 1 aliphatic rings. The van der Waals surface area contributed by atoms with Gasteiger partial charge in [0.1, 0.15) is 16.5 Å². The third-order valence-electron chi connectivity index (χ3n) is 7.09. The lowest BCUT2D eigenvalue weighted by molar-refractivity contribution is 0.0981. The van der Waals surface area contributed by atoms with Crippen LogP contribution in [0.5, 0.6) is 5.88 Å². The number of aryl methyl sites for hydroxylation is 1. The van der Waals surface area contributed by atoms with Crippen LogP contribution in [0.4, 0.5) is 11.6 Å². The average molecular weight is 556 g/mol. The van der Waals surface area contributed by atoms with Crippen molar-refractivity contribution in [2.75, 3.05) is 23.8 Å². The number of anilines is 2. The quantitative estimate of drug-likeness (QED) is 0.445. The van der Waals surface area contributed by atoms with Crippen LogP contribution < -0.4 is 20.1 Å². The molecule has 0 aromatic carbocycles. The summed E-state index contributed by atoms with van der Waals surface area (Å²) in [5.74, 6) is 0.671. The van der Waals surface area contributed by atoms with Gasteiger partial charge in [0.2, 0.25) is 5.88 Å². The van der Waals surface area contributed by atoms with Crippen molar-refractivity contribution >= 4 is 27.6 Å². The summed E-state index contributed by atoms with van der Waals surface area (Å²) in [4.78, 5) is 23.9. The van der Waals surface area contributed by atoms with Crippen LogP contribution in [-0.2, 0) is 10.0 Å². The van der Waals surface area contributed by atoms with E-state index < -0.39 is 15.9 Å². The van der Waals surface area contributed by atoms with Crippen LogP contribution in [0.15, 0.2) is 41.6 Å². The van der Waals surface area contributed by atoms with Crippen molar-refractivity contribution in [1.82, 2.24) is 24.5 Å². The van der Waals surface area contributed by atoms with E-state index in [0.717, 1.165) is 12.0 Å². The molecule has 0 spiro atoms. The number of hydrogen-bond donors (Lipinski definition) is 2. The van der Waals surface area contributed by atoms with E-state index >= 15 is 0 Å². The number of sulfonamides is 1. The first-order chi connectivity index (χ1) is 18.1. The van der Waals surface area contributed by atoms with Crippen LogP contribution in [0.25, 0.3) is 5.82 Å². The standard InChI is InChI=1S/C27H37N7O4S/c1-17-15-34(31-25(17)38-16-26(3,4)5)21-11-10-19(23(30-21)33-14-12-18(2)27(33,6)7)24(35)32-39(36,37)20-9-8-13-29-22(20)28/h8-11,13,15,18H,12,14,16H2,1-7H3,(H2,28,29)(H,32,35). The number of aromatic nitrogens is 4. The van der Waals surface area contributed by atoms with Crippen molar-refractivity contribution in [3.05, 3.63) is 47.8 Å². The zero-order valence-electron chi connectivity index (χ0n) is 23.5. The second-order valence-electron chi connectivity index (χ2n) is 11.8. The number of nitrogen functional groups attached to an aromatic ring is 1. The van der Waals surface area contributed by atoms with E-state index in [1.165, 1.54) is 18.3 Å². The van der Waals surface area contributed by atoms with Gasteiger partial charge in [0.25, 0.3) is 15.9 Å². The van der Waals surface area contributed by atoms with Crippen molar-refractivity contribution in [3.63, 3.8) is 0 Å². The van der Waals surface area contributed by atoms with Crippen LogP contribution in [0, 0.1) is 18.3 Å². The number of hydrogen-bond acceptors (Lipinski definition) is 9. The maximum absolute atomic E-state index is 13.4. The molecule has 0 bridgehead atoms. The Balaban J connectivity index is 1.74. The maximum Gasteiger partial charge on any atom is 0.268 e. The molecule has 0 radical (unpaired) electrons. The highest BCUT2D eigenvalue weighted by Crippen LogP contribution is 2.39. The third kappa shape index (κ3) is 5.85. The molecule has 4 rings (SSSR count). The summed E-state index contributed by atoms with van der Waals surface area (Å²) < 4.78 is 35.7. The number of nitrogens with two attached hydrogens (primary N) is 1. The van der Waals surface area contributed by atoms with Gasteiger partial charge in [-0.15, -0.1) is 5.10 Å². The number of pyridine rings is 2. The molecule has 1 amide bonds. The zero-order valence-corrected chi connectivity index (χ0v) is 24.3. The summed E-state index contributed by atoms with van der Waals surface area (Å²) in [5.41, 5.74) is 6.38. The van der Waals surface area contributed by atoms with Gasteiger partial charge in [-0.3, -0.25) is 4.79 Å². The molecule has 1 aliphatic heterocycles.